The van der Waals surface area contributed by atoms with Gasteiger partial charge in [0, 0.05) is 0 Å². The van der Waals surface area contributed by atoms with E-state index in [1.165, 1.54) is 11.1 Å². The maximum atomic E-state index is 6.35. The lowest BCUT2D eigenvalue weighted by Crippen LogP contribution is -2.18. The molecule has 0 amide bonds. The largest absolute Gasteiger partial charge is 0.309 e. The van der Waals surface area contributed by atoms with E-state index in [-0.39, 0.29) is 6.04 Å². The summed E-state index contributed by atoms with van der Waals surface area (Å²) in [4.78, 5) is 0. The van der Waals surface area contributed by atoms with E-state index in [1.807, 2.05) is 25.2 Å². The highest BCUT2D eigenvalue weighted by molar-refractivity contribution is 6.42. The number of aryl methyl sites for hydroxylation is 1. The van der Waals surface area contributed by atoms with Crippen molar-refractivity contribution in [2.24, 2.45) is 0 Å². The molecule has 0 heterocycles. The molecule has 0 aliphatic heterocycles. The van der Waals surface area contributed by atoms with Gasteiger partial charge in [-0.05, 0) is 36.2 Å². The zero-order chi connectivity index (χ0) is 14.5. The molecular formula is C17H19Cl2N. The summed E-state index contributed by atoms with van der Waals surface area (Å²) in [6.07, 6.45) is 2.24. The maximum absolute atomic E-state index is 6.35. The Morgan fingerprint density at radius 3 is 2.55 bits per heavy atom. The van der Waals surface area contributed by atoms with Gasteiger partial charge in [0.05, 0.1) is 16.1 Å². The number of nitrogens with one attached hydrogen (secondary N) is 1. The molecular weight excluding hydrogens is 289 g/mol. The van der Waals surface area contributed by atoms with Crippen LogP contribution in [0.4, 0.5) is 0 Å². The van der Waals surface area contributed by atoms with Gasteiger partial charge in [-0.15, -0.1) is 0 Å². The van der Waals surface area contributed by atoms with Crippen molar-refractivity contribution in [1.29, 1.82) is 0 Å². The third-order valence-electron chi connectivity index (χ3n) is 3.40. The van der Waals surface area contributed by atoms with Crippen molar-refractivity contribution in [2.75, 3.05) is 7.05 Å². The molecule has 0 aliphatic carbocycles. The second-order valence-electron chi connectivity index (χ2n) is 4.86. The van der Waals surface area contributed by atoms with Crippen LogP contribution in [0.1, 0.15) is 36.1 Å². The summed E-state index contributed by atoms with van der Waals surface area (Å²) < 4.78 is 0. The molecule has 20 heavy (non-hydrogen) atoms. The second kappa shape index (κ2) is 7.12. The fourth-order valence-corrected chi connectivity index (χ4v) is 2.88. The average Bonchev–Trinajstić information content (AvgIpc) is 2.45. The summed E-state index contributed by atoms with van der Waals surface area (Å²) in [5.74, 6) is 0. The van der Waals surface area contributed by atoms with E-state index in [4.69, 9.17) is 23.2 Å². The number of halogens is 2. The molecule has 2 aromatic carbocycles. The van der Waals surface area contributed by atoms with Gasteiger partial charge < -0.3 is 5.32 Å². The lowest BCUT2D eigenvalue weighted by atomic mass is 9.96. The molecule has 0 aromatic heterocycles. The molecule has 3 heteroatoms. The smallest absolute Gasteiger partial charge is 0.0643 e. The van der Waals surface area contributed by atoms with Crippen molar-refractivity contribution in [3.05, 3.63) is 69.2 Å². The summed E-state index contributed by atoms with van der Waals surface area (Å²) in [7, 11) is 1.94. The minimum atomic E-state index is 0.0537. The predicted octanol–water partition coefficient (Wildman–Crippen LogP) is 5.25. The van der Waals surface area contributed by atoms with Crippen molar-refractivity contribution < 1.29 is 0 Å². The first-order chi connectivity index (χ1) is 9.67. The van der Waals surface area contributed by atoms with Gasteiger partial charge in [-0.3, -0.25) is 0 Å². The van der Waals surface area contributed by atoms with Gasteiger partial charge >= 0.3 is 0 Å². The lowest BCUT2D eigenvalue weighted by molar-refractivity contribution is 0.690. The van der Waals surface area contributed by atoms with Crippen molar-refractivity contribution in [3.63, 3.8) is 0 Å². The standard InChI is InChI=1S/C17H19Cl2N/c1-3-6-12-7-4-8-13(11-12)17(20-2)14-9-5-10-15(18)16(14)19/h4-5,7-11,17,20H,3,6H2,1-2H3. The molecule has 2 aromatic rings. The Balaban J connectivity index is 2.41. The molecule has 0 spiro atoms. The summed E-state index contributed by atoms with van der Waals surface area (Å²) in [6, 6.07) is 14.4. The number of hydrogen-bond acceptors (Lipinski definition) is 1. The third kappa shape index (κ3) is 3.35. The molecule has 1 unspecified atom stereocenters. The summed E-state index contributed by atoms with van der Waals surface area (Å²) in [6.45, 7) is 2.19. The molecule has 0 bridgehead atoms. The first-order valence-electron chi connectivity index (χ1n) is 6.87. The Hall–Kier alpha value is -1.02. The van der Waals surface area contributed by atoms with Gasteiger partial charge in [0.2, 0.25) is 0 Å². The highest BCUT2D eigenvalue weighted by atomic mass is 35.5. The van der Waals surface area contributed by atoms with Gasteiger partial charge in [-0.2, -0.15) is 0 Å². The minimum Gasteiger partial charge on any atom is -0.309 e. The van der Waals surface area contributed by atoms with E-state index in [2.05, 4.69) is 36.5 Å². The Bertz CT molecular complexity index is 581. The van der Waals surface area contributed by atoms with Gasteiger partial charge in [0.1, 0.15) is 0 Å². The Kier molecular flexibility index (Phi) is 5.47. The van der Waals surface area contributed by atoms with Crippen LogP contribution in [0.5, 0.6) is 0 Å². The van der Waals surface area contributed by atoms with Crippen LogP contribution >= 0.6 is 23.2 Å². The van der Waals surface area contributed by atoms with Gasteiger partial charge in [0.25, 0.3) is 0 Å². The highest BCUT2D eigenvalue weighted by Gasteiger charge is 2.16. The van der Waals surface area contributed by atoms with Gasteiger partial charge in [-0.25, -0.2) is 0 Å². The SMILES string of the molecule is CCCc1cccc(C(NC)c2cccc(Cl)c2Cl)c1. The Morgan fingerprint density at radius 2 is 1.85 bits per heavy atom. The predicted molar refractivity (Wildman–Crippen MR) is 87.8 cm³/mol. The van der Waals surface area contributed by atoms with Crippen LogP contribution in [0, 0.1) is 0 Å². The van der Waals surface area contributed by atoms with E-state index in [0.29, 0.717) is 10.0 Å². The average molecular weight is 308 g/mol. The molecule has 0 aliphatic rings. The summed E-state index contributed by atoms with van der Waals surface area (Å²) in [5, 5.41) is 4.54. The van der Waals surface area contributed by atoms with Crippen LogP contribution < -0.4 is 5.32 Å². The van der Waals surface area contributed by atoms with Crippen molar-refractivity contribution in [2.45, 2.75) is 25.8 Å². The van der Waals surface area contributed by atoms with Crippen LogP contribution in [0.3, 0.4) is 0 Å². The van der Waals surface area contributed by atoms with E-state index in [1.54, 1.807) is 0 Å². The van der Waals surface area contributed by atoms with Crippen LogP contribution in [-0.2, 0) is 6.42 Å². The molecule has 1 nitrogen and oxygen atoms in total. The molecule has 106 valence electrons. The molecule has 0 radical (unpaired) electrons. The monoisotopic (exact) mass is 307 g/mol. The number of benzene rings is 2. The first kappa shape index (κ1) is 15.4. The number of rotatable bonds is 5. The van der Waals surface area contributed by atoms with Crippen LogP contribution in [0.25, 0.3) is 0 Å². The normalized spacial score (nSPS) is 12.4. The fourth-order valence-electron chi connectivity index (χ4n) is 2.46. The highest BCUT2D eigenvalue weighted by Crippen LogP contribution is 2.33. The molecule has 0 saturated heterocycles. The maximum Gasteiger partial charge on any atom is 0.0643 e. The summed E-state index contributed by atoms with van der Waals surface area (Å²) >= 11 is 12.5. The van der Waals surface area contributed by atoms with Crippen molar-refractivity contribution >= 4 is 23.2 Å². The van der Waals surface area contributed by atoms with Crippen molar-refractivity contribution in [3.8, 4) is 0 Å². The van der Waals surface area contributed by atoms with Crippen molar-refractivity contribution in [1.82, 2.24) is 5.32 Å². The zero-order valence-corrected chi connectivity index (χ0v) is 13.3. The topological polar surface area (TPSA) is 12.0 Å². The van der Waals surface area contributed by atoms with E-state index in [0.717, 1.165) is 18.4 Å². The van der Waals surface area contributed by atoms with Crippen LogP contribution in [-0.4, -0.2) is 7.05 Å². The first-order valence-corrected chi connectivity index (χ1v) is 7.63. The van der Waals surface area contributed by atoms with Crippen LogP contribution in [0.15, 0.2) is 42.5 Å². The fraction of sp³-hybridized carbons (Fsp3) is 0.294. The molecule has 1 atom stereocenters. The third-order valence-corrected chi connectivity index (χ3v) is 4.24. The quantitative estimate of drug-likeness (QED) is 0.795. The zero-order valence-electron chi connectivity index (χ0n) is 11.8. The van der Waals surface area contributed by atoms with Gasteiger partial charge in [-0.1, -0.05) is 72.9 Å². The molecule has 2 rings (SSSR count). The van der Waals surface area contributed by atoms with E-state index >= 15 is 0 Å². The second-order valence-corrected chi connectivity index (χ2v) is 5.64. The van der Waals surface area contributed by atoms with Crippen LogP contribution in [0.2, 0.25) is 10.0 Å². The van der Waals surface area contributed by atoms with E-state index < -0.39 is 0 Å². The van der Waals surface area contributed by atoms with E-state index in [9.17, 15) is 0 Å². The lowest BCUT2D eigenvalue weighted by Gasteiger charge is -2.20. The number of hydrogen-bond donors (Lipinski definition) is 1. The Morgan fingerprint density at radius 1 is 1.10 bits per heavy atom. The van der Waals surface area contributed by atoms with Gasteiger partial charge in [0.15, 0.2) is 0 Å². The Labute approximate surface area is 130 Å². The minimum absolute atomic E-state index is 0.0537. The molecule has 1 N–H and O–H groups in total. The summed E-state index contributed by atoms with van der Waals surface area (Å²) in [5.41, 5.74) is 3.57. The molecule has 0 saturated carbocycles. The molecule has 0 fully saturated rings.